The van der Waals surface area contributed by atoms with Crippen LogP contribution in [0.25, 0.3) is 0 Å². The Morgan fingerprint density at radius 1 is 1.30 bits per heavy atom. The SMILES string of the molecule is CC(C)(C)OC(=O)Nc1ccc2c(c1)CCCC2Nc1ccc(C#N)cn1. The average molecular weight is 364 g/mol. The topological polar surface area (TPSA) is 87.0 Å². The number of carbonyl (C=O) groups excluding carboxylic acids is 1. The number of nitrogens with zero attached hydrogens (tertiary/aromatic N) is 2. The second kappa shape index (κ2) is 7.67. The number of nitrogens with one attached hydrogen (secondary N) is 2. The number of carbonyl (C=O) groups is 1. The summed E-state index contributed by atoms with van der Waals surface area (Å²) in [4.78, 5) is 16.3. The van der Waals surface area contributed by atoms with E-state index < -0.39 is 11.7 Å². The van der Waals surface area contributed by atoms with Crippen LogP contribution < -0.4 is 10.6 Å². The number of aryl methyl sites for hydroxylation is 1. The van der Waals surface area contributed by atoms with Crippen molar-refractivity contribution in [3.05, 3.63) is 53.2 Å². The molecule has 1 aliphatic rings. The molecule has 1 amide bonds. The fourth-order valence-electron chi connectivity index (χ4n) is 3.19. The zero-order valence-corrected chi connectivity index (χ0v) is 15.9. The van der Waals surface area contributed by atoms with Gasteiger partial charge in [-0.3, -0.25) is 5.32 Å². The number of anilines is 2. The van der Waals surface area contributed by atoms with Crippen molar-refractivity contribution in [1.82, 2.24) is 4.98 Å². The van der Waals surface area contributed by atoms with Crippen LogP contribution in [0, 0.1) is 11.3 Å². The minimum absolute atomic E-state index is 0.157. The Kier molecular flexibility index (Phi) is 5.31. The molecular formula is C21H24N4O2. The zero-order chi connectivity index (χ0) is 19.4. The third-order valence-electron chi connectivity index (χ3n) is 4.32. The first-order chi connectivity index (χ1) is 12.8. The highest BCUT2D eigenvalue weighted by atomic mass is 16.6. The third kappa shape index (κ3) is 4.98. The largest absolute Gasteiger partial charge is 0.444 e. The maximum Gasteiger partial charge on any atom is 0.412 e. The summed E-state index contributed by atoms with van der Waals surface area (Å²) in [6, 6.07) is 11.8. The number of ether oxygens (including phenoxy) is 1. The van der Waals surface area contributed by atoms with Gasteiger partial charge in [0, 0.05) is 11.9 Å². The van der Waals surface area contributed by atoms with Crippen LogP contribution in [0.1, 0.15) is 56.3 Å². The first kappa shape index (κ1) is 18.7. The molecule has 0 fully saturated rings. The van der Waals surface area contributed by atoms with E-state index in [0.29, 0.717) is 5.56 Å². The zero-order valence-electron chi connectivity index (χ0n) is 15.9. The minimum Gasteiger partial charge on any atom is -0.444 e. The molecule has 140 valence electrons. The number of benzene rings is 1. The summed E-state index contributed by atoms with van der Waals surface area (Å²) in [5, 5.41) is 15.1. The molecule has 27 heavy (non-hydrogen) atoms. The number of rotatable bonds is 3. The van der Waals surface area contributed by atoms with Gasteiger partial charge in [0.2, 0.25) is 0 Å². The van der Waals surface area contributed by atoms with Crippen LogP contribution in [-0.4, -0.2) is 16.7 Å². The number of nitriles is 1. The standard InChI is InChI=1S/C21H24N4O2/c1-21(2,3)27-20(26)24-16-8-9-17-15(11-16)5-4-6-18(17)25-19-10-7-14(12-22)13-23-19/h7-11,13,18H,4-6H2,1-3H3,(H,23,25)(H,24,26). The molecular weight excluding hydrogens is 340 g/mol. The minimum atomic E-state index is -0.526. The lowest BCUT2D eigenvalue weighted by molar-refractivity contribution is 0.0636. The van der Waals surface area contributed by atoms with E-state index in [1.165, 1.54) is 11.1 Å². The van der Waals surface area contributed by atoms with Crippen LogP contribution in [0.2, 0.25) is 0 Å². The number of hydrogen-bond acceptors (Lipinski definition) is 5. The molecule has 0 bridgehead atoms. The highest BCUT2D eigenvalue weighted by molar-refractivity contribution is 5.85. The summed E-state index contributed by atoms with van der Waals surface area (Å²) < 4.78 is 5.31. The fraction of sp³-hybridized carbons (Fsp3) is 0.381. The van der Waals surface area contributed by atoms with Gasteiger partial charge in [0.05, 0.1) is 11.6 Å². The van der Waals surface area contributed by atoms with E-state index in [-0.39, 0.29) is 6.04 Å². The van der Waals surface area contributed by atoms with E-state index in [1.807, 2.05) is 45.0 Å². The molecule has 1 unspecified atom stereocenters. The Labute approximate surface area is 159 Å². The molecule has 6 nitrogen and oxygen atoms in total. The second-order valence-corrected chi connectivity index (χ2v) is 7.67. The lowest BCUT2D eigenvalue weighted by Gasteiger charge is -2.27. The quantitative estimate of drug-likeness (QED) is 0.817. The third-order valence-corrected chi connectivity index (χ3v) is 4.32. The lowest BCUT2D eigenvalue weighted by Crippen LogP contribution is -2.27. The van der Waals surface area contributed by atoms with E-state index >= 15 is 0 Å². The van der Waals surface area contributed by atoms with Crippen LogP contribution in [0.5, 0.6) is 0 Å². The van der Waals surface area contributed by atoms with Gasteiger partial charge in [0.1, 0.15) is 17.5 Å². The van der Waals surface area contributed by atoms with E-state index in [9.17, 15) is 4.79 Å². The Balaban J connectivity index is 1.72. The maximum atomic E-state index is 12.0. The van der Waals surface area contributed by atoms with Crippen LogP contribution >= 0.6 is 0 Å². The Hall–Kier alpha value is -3.07. The van der Waals surface area contributed by atoms with Gasteiger partial charge in [-0.05, 0) is 75.4 Å². The number of aromatic nitrogens is 1. The molecule has 2 aromatic rings. The van der Waals surface area contributed by atoms with Crippen molar-refractivity contribution in [2.75, 3.05) is 10.6 Å². The first-order valence-corrected chi connectivity index (χ1v) is 9.09. The van der Waals surface area contributed by atoms with Crippen LogP contribution in [0.15, 0.2) is 36.5 Å². The molecule has 3 rings (SSSR count). The van der Waals surface area contributed by atoms with Gasteiger partial charge in [-0.1, -0.05) is 6.07 Å². The fourth-order valence-corrected chi connectivity index (χ4v) is 3.19. The summed E-state index contributed by atoms with van der Waals surface area (Å²) in [5.41, 5.74) is 3.17. The lowest BCUT2D eigenvalue weighted by atomic mass is 9.87. The molecule has 1 heterocycles. The van der Waals surface area contributed by atoms with Crippen molar-refractivity contribution in [2.24, 2.45) is 0 Å². The maximum absolute atomic E-state index is 12.0. The summed E-state index contributed by atoms with van der Waals surface area (Å²) in [7, 11) is 0. The normalized spacial score (nSPS) is 16.0. The molecule has 1 aromatic heterocycles. The summed E-state index contributed by atoms with van der Waals surface area (Å²) in [6.07, 6.45) is 4.15. The van der Waals surface area contributed by atoms with Crippen LogP contribution in [0.4, 0.5) is 16.3 Å². The summed E-state index contributed by atoms with van der Waals surface area (Å²) in [5.74, 6) is 0.753. The van der Waals surface area contributed by atoms with Gasteiger partial charge in [0.25, 0.3) is 0 Å². The predicted molar refractivity (Wildman–Crippen MR) is 105 cm³/mol. The van der Waals surface area contributed by atoms with E-state index in [4.69, 9.17) is 10.00 Å². The highest BCUT2D eigenvalue weighted by Crippen LogP contribution is 2.33. The second-order valence-electron chi connectivity index (χ2n) is 7.67. The monoisotopic (exact) mass is 364 g/mol. The molecule has 1 aromatic carbocycles. The Bertz CT molecular complexity index is 863. The molecule has 0 spiro atoms. The van der Waals surface area contributed by atoms with Crippen LogP contribution in [-0.2, 0) is 11.2 Å². The van der Waals surface area contributed by atoms with Gasteiger partial charge in [0.15, 0.2) is 0 Å². The van der Waals surface area contributed by atoms with Gasteiger partial charge < -0.3 is 10.1 Å². The van der Waals surface area contributed by atoms with Crippen molar-refractivity contribution >= 4 is 17.6 Å². The number of fused-ring (bicyclic) bond motifs is 1. The van der Waals surface area contributed by atoms with Gasteiger partial charge in [-0.15, -0.1) is 0 Å². The molecule has 0 saturated carbocycles. The summed E-state index contributed by atoms with van der Waals surface area (Å²) >= 11 is 0. The molecule has 0 saturated heterocycles. The van der Waals surface area contributed by atoms with Crippen molar-refractivity contribution in [3.8, 4) is 6.07 Å². The average Bonchev–Trinajstić information content (AvgIpc) is 2.61. The molecule has 1 atom stereocenters. The van der Waals surface area contributed by atoms with Crippen molar-refractivity contribution in [3.63, 3.8) is 0 Å². The van der Waals surface area contributed by atoms with Crippen LogP contribution in [0.3, 0.4) is 0 Å². The van der Waals surface area contributed by atoms with Crippen molar-refractivity contribution in [1.29, 1.82) is 5.26 Å². The van der Waals surface area contributed by atoms with E-state index in [0.717, 1.165) is 30.8 Å². The van der Waals surface area contributed by atoms with Crippen molar-refractivity contribution < 1.29 is 9.53 Å². The Morgan fingerprint density at radius 3 is 2.78 bits per heavy atom. The van der Waals surface area contributed by atoms with E-state index in [2.05, 4.69) is 21.7 Å². The Morgan fingerprint density at radius 2 is 2.11 bits per heavy atom. The predicted octanol–water partition coefficient (Wildman–Crippen LogP) is 4.79. The summed E-state index contributed by atoms with van der Waals surface area (Å²) in [6.45, 7) is 5.52. The molecule has 1 aliphatic carbocycles. The van der Waals surface area contributed by atoms with Gasteiger partial charge in [-0.2, -0.15) is 5.26 Å². The molecule has 2 N–H and O–H groups in total. The van der Waals surface area contributed by atoms with Gasteiger partial charge >= 0.3 is 6.09 Å². The van der Waals surface area contributed by atoms with Crippen molar-refractivity contribution in [2.45, 2.75) is 51.7 Å². The number of amides is 1. The molecule has 0 aliphatic heterocycles. The number of pyridine rings is 1. The number of hydrogen-bond donors (Lipinski definition) is 2. The molecule has 0 radical (unpaired) electrons. The van der Waals surface area contributed by atoms with E-state index in [1.54, 1.807) is 12.3 Å². The first-order valence-electron chi connectivity index (χ1n) is 9.09. The highest BCUT2D eigenvalue weighted by Gasteiger charge is 2.22. The molecule has 6 heteroatoms. The smallest absolute Gasteiger partial charge is 0.412 e. The van der Waals surface area contributed by atoms with Gasteiger partial charge in [-0.25, -0.2) is 9.78 Å².